The number of nitrogens with zero attached hydrogens (tertiary/aromatic N) is 5. The topological polar surface area (TPSA) is 141 Å². The van der Waals surface area contributed by atoms with E-state index in [4.69, 9.17) is 24.7 Å². The fourth-order valence-electron chi connectivity index (χ4n) is 5.91. The Balaban J connectivity index is 1.32. The zero-order valence-corrected chi connectivity index (χ0v) is 24.8. The minimum Gasteiger partial charge on any atom is -0.497 e. The van der Waals surface area contributed by atoms with Crippen LogP contribution in [0, 0.1) is 0 Å². The number of nitrogens with two attached hydrogens (primary N) is 1. The van der Waals surface area contributed by atoms with E-state index in [0.717, 1.165) is 73.3 Å². The van der Waals surface area contributed by atoms with Gasteiger partial charge < -0.3 is 34.5 Å². The Labute approximate surface area is 254 Å². The third-order valence-corrected chi connectivity index (χ3v) is 8.61. The lowest BCUT2D eigenvalue weighted by Crippen LogP contribution is -2.45. The van der Waals surface area contributed by atoms with Gasteiger partial charge in [-0.2, -0.15) is 4.98 Å². The maximum absolute atomic E-state index is 13.7. The number of fused-ring (bicyclic) bond motifs is 2. The van der Waals surface area contributed by atoms with E-state index in [9.17, 15) is 9.59 Å². The number of carbonyl (C=O) groups is 2. The van der Waals surface area contributed by atoms with Gasteiger partial charge in [-0.05, 0) is 61.9 Å². The van der Waals surface area contributed by atoms with E-state index >= 15 is 0 Å². The van der Waals surface area contributed by atoms with Crippen LogP contribution in [0.1, 0.15) is 46.1 Å². The highest BCUT2D eigenvalue weighted by Crippen LogP contribution is 2.42. The molecule has 44 heavy (non-hydrogen) atoms. The quantitative estimate of drug-likeness (QED) is 0.277. The first-order chi connectivity index (χ1) is 21.4. The molecule has 1 aliphatic carbocycles. The smallest absolute Gasteiger partial charge is 0.312 e. The average Bonchev–Trinajstić information content (AvgIpc) is 3.58. The molecule has 0 atom stereocenters. The number of ether oxygens (including phenoxy) is 2. The van der Waals surface area contributed by atoms with Crippen LogP contribution in [0.5, 0.6) is 11.5 Å². The molecule has 12 nitrogen and oxygen atoms in total. The van der Waals surface area contributed by atoms with Crippen molar-refractivity contribution in [2.75, 3.05) is 46.9 Å². The molecule has 3 aliphatic rings. The largest absolute Gasteiger partial charge is 0.497 e. The zero-order valence-electron chi connectivity index (χ0n) is 24.8. The van der Waals surface area contributed by atoms with Crippen molar-refractivity contribution in [3.63, 3.8) is 0 Å². The Kier molecular flexibility index (Phi) is 7.31. The molecular weight excluding hydrogens is 562 g/mol. The van der Waals surface area contributed by atoms with E-state index in [2.05, 4.69) is 31.9 Å². The molecule has 12 heteroatoms. The van der Waals surface area contributed by atoms with Crippen molar-refractivity contribution in [2.45, 2.75) is 31.8 Å². The number of urea groups is 1. The first kappa shape index (κ1) is 28.1. The molecule has 4 heterocycles. The molecule has 1 saturated heterocycles. The first-order valence-corrected chi connectivity index (χ1v) is 14.9. The van der Waals surface area contributed by atoms with Crippen molar-refractivity contribution < 1.29 is 23.6 Å². The Bertz CT molecular complexity index is 1780. The van der Waals surface area contributed by atoms with Crippen LogP contribution in [-0.2, 0) is 13.1 Å². The molecule has 2 fully saturated rings. The number of Topliss-reactive ketones (excluding diaryl/α,β-unsaturated/α-hetero) is 1. The number of nitrogens with one attached hydrogen (secondary N) is 1. The van der Waals surface area contributed by atoms with Gasteiger partial charge in [0.15, 0.2) is 11.6 Å². The van der Waals surface area contributed by atoms with Crippen LogP contribution in [0.3, 0.4) is 0 Å². The van der Waals surface area contributed by atoms with E-state index < -0.39 is 6.03 Å². The SMILES string of the molecule is COc1ccc2c(c1)c(C=C1Oc3ccc(CNC(N)=O)cc3C1=O)c(-c1nc(C3CC3)no1)n2CCN1CCN(C)CC1. The summed E-state index contributed by atoms with van der Waals surface area (Å²) in [6, 6.07) is 10.6. The van der Waals surface area contributed by atoms with Crippen LogP contribution in [0.4, 0.5) is 4.79 Å². The molecule has 0 unspecified atom stereocenters. The number of likely N-dealkylation sites (N-methyl/N-ethyl adjacent to an activating group) is 1. The summed E-state index contributed by atoms with van der Waals surface area (Å²) in [4.78, 5) is 34.5. The van der Waals surface area contributed by atoms with Crippen molar-refractivity contribution in [3.8, 4) is 23.1 Å². The second-order valence-corrected chi connectivity index (χ2v) is 11.7. The molecule has 2 aromatic heterocycles. The summed E-state index contributed by atoms with van der Waals surface area (Å²) in [5.74, 6) is 2.53. The predicted octanol–water partition coefficient (Wildman–Crippen LogP) is 3.61. The van der Waals surface area contributed by atoms with Gasteiger partial charge in [0.1, 0.15) is 17.2 Å². The van der Waals surface area contributed by atoms with Crippen molar-refractivity contribution in [1.82, 2.24) is 29.8 Å². The Morgan fingerprint density at radius 3 is 2.70 bits per heavy atom. The van der Waals surface area contributed by atoms with Crippen molar-refractivity contribution in [1.29, 1.82) is 0 Å². The van der Waals surface area contributed by atoms with Crippen LogP contribution in [-0.4, -0.2) is 83.2 Å². The number of ketones is 1. The maximum Gasteiger partial charge on any atom is 0.312 e. The van der Waals surface area contributed by atoms with Gasteiger partial charge in [-0.3, -0.25) is 9.69 Å². The standard InChI is InChI=1S/C32H35N7O5/c1-37-9-11-38(12-10-37)13-14-39-25-7-6-21(42-2)16-22(25)23(28(39)31-35-30(36-44-31)20-4-5-20)17-27-29(40)24-15-19(18-34-32(33)41)3-8-26(24)43-27/h3,6-8,15-17,20H,4-5,9-14,18H2,1-2H3,(H3,33,34,41). The number of allylic oxidation sites excluding steroid dienone is 1. The summed E-state index contributed by atoms with van der Waals surface area (Å²) in [5, 5.41) is 7.76. The minimum atomic E-state index is -0.633. The fourth-order valence-corrected chi connectivity index (χ4v) is 5.91. The van der Waals surface area contributed by atoms with Crippen molar-refractivity contribution in [2.24, 2.45) is 5.73 Å². The highest BCUT2D eigenvalue weighted by Gasteiger charge is 2.33. The molecule has 4 aromatic rings. The van der Waals surface area contributed by atoms with Crippen molar-refractivity contribution in [3.05, 3.63) is 64.7 Å². The third-order valence-electron chi connectivity index (χ3n) is 8.61. The summed E-state index contributed by atoms with van der Waals surface area (Å²) >= 11 is 0. The fraction of sp³-hybridized carbons (Fsp3) is 0.375. The van der Waals surface area contributed by atoms with Gasteiger partial charge in [-0.15, -0.1) is 0 Å². The van der Waals surface area contributed by atoms with Gasteiger partial charge >= 0.3 is 6.03 Å². The van der Waals surface area contributed by atoms with Gasteiger partial charge in [0.05, 0.1) is 12.7 Å². The van der Waals surface area contributed by atoms with Gasteiger partial charge in [-0.1, -0.05) is 11.2 Å². The highest BCUT2D eigenvalue weighted by molar-refractivity contribution is 6.15. The summed E-state index contributed by atoms with van der Waals surface area (Å²) < 4.78 is 19.8. The number of primary amides is 1. The summed E-state index contributed by atoms with van der Waals surface area (Å²) in [7, 11) is 3.79. The van der Waals surface area contributed by atoms with E-state index in [0.29, 0.717) is 41.2 Å². The Morgan fingerprint density at radius 1 is 1.14 bits per heavy atom. The lowest BCUT2D eigenvalue weighted by atomic mass is 10.0. The number of carbonyl (C=O) groups excluding carboxylic acids is 2. The molecule has 2 amide bonds. The highest BCUT2D eigenvalue weighted by atomic mass is 16.5. The van der Waals surface area contributed by atoms with Crippen LogP contribution in [0.15, 0.2) is 46.7 Å². The second-order valence-electron chi connectivity index (χ2n) is 11.7. The van der Waals surface area contributed by atoms with Crippen LogP contribution < -0.4 is 20.5 Å². The summed E-state index contributed by atoms with van der Waals surface area (Å²) in [5.41, 5.74) is 8.85. The maximum atomic E-state index is 13.7. The molecule has 0 radical (unpaired) electrons. The molecule has 7 rings (SSSR count). The van der Waals surface area contributed by atoms with Gasteiger partial charge in [0, 0.05) is 68.2 Å². The molecule has 2 aromatic carbocycles. The number of hydrogen-bond donors (Lipinski definition) is 2. The summed E-state index contributed by atoms with van der Waals surface area (Å²) in [6.07, 6.45) is 3.88. The number of methoxy groups -OCH3 is 1. The number of hydrogen-bond acceptors (Lipinski definition) is 9. The number of aromatic nitrogens is 3. The lowest BCUT2D eigenvalue weighted by molar-refractivity contribution is 0.101. The van der Waals surface area contributed by atoms with E-state index in [1.54, 1.807) is 31.4 Å². The molecule has 3 N–H and O–H groups in total. The van der Waals surface area contributed by atoms with E-state index in [1.807, 2.05) is 18.2 Å². The Hall–Kier alpha value is -4.68. The van der Waals surface area contributed by atoms with E-state index in [-0.39, 0.29) is 18.1 Å². The zero-order chi connectivity index (χ0) is 30.4. The first-order valence-electron chi connectivity index (χ1n) is 14.9. The summed E-state index contributed by atoms with van der Waals surface area (Å²) in [6.45, 7) is 5.81. The minimum absolute atomic E-state index is 0.184. The normalized spacial score (nSPS) is 18.1. The van der Waals surface area contributed by atoms with Crippen LogP contribution in [0.2, 0.25) is 0 Å². The Morgan fingerprint density at radius 2 is 1.95 bits per heavy atom. The van der Waals surface area contributed by atoms with Crippen LogP contribution in [0.25, 0.3) is 28.6 Å². The second kappa shape index (κ2) is 11.4. The number of piperazine rings is 1. The predicted molar refractivity (Wildman–Crippen MR) is 163 cm³/mol. The van der Waals surface area contributed by atoms with Gasteiger partial charge in [0.25, 0.3) is 5.89 Å². The number of benzene rings is 2. The van der Waals surface area contributed by atoms with Gasteiger partial charge in [-0.25, -0.2) is 4.79 Å². The molecular formula is C32H35N7O5. The van der Waals surface area contributed by atoms with E-state index in [1.165, 1.54) is 0 Å². The number of rotatable bonds is 9. The molecule has 1 saturated carbocycles. The average molecular weight is 598 g/mol. The molecule has 228 valence electrons. The molecule has 0 spiro atoms. The molecule has 2 aliphatic heterocycles. The van der Waals surface area contributed by atoms with Crippen molar-refractivity contribution >= 4 is 28.8 Å². The number of amides is 2. The third kappa shape index (κ3) is 5.42. The lowest BCUT2D eigenvalue weighted by Gasteiger charge is -2.32. The van der Waals surface area contributed by atoms with Crippen LogP contribution >= 0.6 is 0 Å². The molecule has 0 bridgehead atoms. The van der Waals surface area contributed by atoms with Gasteiger partial charge in [0.2, 0.25) is 5.78 Å². The monoisotopic (exact) mass is 597 g/mol.